The van der Waals surface area contributed by atoms with Crippen LogP contribution in [0.2, 0.25) is 0 Å². The van der Waals surface area contributed by atoms with Gasteiger partial charge in [-0.3, -0.25) is 4.90 Å². The number of aryl methyl sites for hydroxylation is 1. The molecule has 8 heteroatoms. The van der Waals surface area contributed by atoms with E-state index in [1.807, 2.05) is 19.1 Å². The molecule has 0 bridgehead atoms. The van der Waals surface area contributed by atoms with E-state index in [0.29, 0.717) is 23.4 Å². The van der Waals surface area contributed by atoms with E-state index in [9.17, 15) is 8.42 Å². The van der Waals surface area contributed by atoms with Crippen LogP contribution in [0, 0.1) is 12.8 Å². The molecule has 0 aromatic heterocycles. The van der Waals surface area contributed by atoms with Gasteiger partial charge in [0.2, 0.25) is 0 Å². The monoisotopic (exact) mass is 552 g/mol. The lowest BCUT2D eigenvalue weighted by Gasteiger charge is -2.31. The normalized spacial score (nSPS) is 13.3. The van der Waals surface area contributed by atoms with Crippen molar-refractivity contribution in [3.05, 3.63) is 29.3 Å². The van der Waals surface area contributed by atoms with Gasteiger partial charge in [0.05, 0.1) is 11.4 Å². The van der Waals surface area contributed by atoms with Crippen molar-refractivity contribution in [3.63, 3.8) is 0 Å². The van der Waals surface area contributed by atoms with Crippen LogP contribution in [-0.4, -0.2) is 57.8 Å². The van der Waals surface area contributed by atoms with Gasteiger partial charge in [-0.05, 0) is 56.5 Å². The third kappa shape index (κ3) is 9.96. The lowest BCUT2D eigenvalue weighted by Crippen LogP contribution is -2.47. The highest BCUT2D eigenvalue weighted by molar-refractivity contribution is 14.0. The number of rotatable bonds is 11. The third-order valence-corrected chi connectivity index (χ3v) is 6.24. The standard InChI is InChI=1S/C22H40N4O2S.HI/c1-8-23-22(25-16-20(13-17(4)5)26(9-2)10-3)24-15-19-11-12-21(18(6)14-19)29(7,27)28;/h11-12,14,17,20H,8-10,13,15-16H2,1-7H3,(H2,23,24,25);1H. The van der Waals surface area contributed by atoms with E-state index in [1.165, 1.54) is 6.26 Å². The molecule has 1 aromatic carbocycles. The molecule has 1 atom stereocenters. The van der Waals surface area contributed by atoms with Gasteiger partial charge in [-0.2, -0.15) is 0 Å². The molecule has 1 aromatic rings. The Morgan fingerprint density at radius 2 is 1.77 bits per heavy atom. The number of nitrogens with zero attached hydrogens (tertiary/aromatic N) is 2. The second kappa shape index (κ2) is 14.2. The molecule has 0 aliphatic carbocycles. The quantitative estimate of drug-likeness (QED) is 0.248. The fourth-order valence-corrected chi connectivity index (χ4v) is 4.56. The molecule has 0 aliphatic heterocycles. The first-order valence-corrected chi connectivity index (χ1v) is 12.6. The maximum atomic E-state index is 11.8. The molecule has 0 spiro atoms. The molecule has 0 saturated heterocycles. The number of hydrogen-bond acceptors (Lipinski definition) is 4. The summed E-state index contributed by atoms with van der Waals surface area (Å²) < 4.78 is 23.6. The molecule has 30 heavy (non-hydrogen) atoms. The largest absolute Gasteiger partial charge is 0.357 e. The van der Waals surface area contributed by atoms with Gasteiger partial charge in [0.1, 0.15) is 0 Å². The molecule has 0 aliphatic rings. The van der Waals surface area contributed by atoms with Crippen LogP contribution < -0.4 is 10.6 Å². The van der Waals surface area contributed by atoms with Gasteiger partial charge in [0.25, 0.3) is 0 Å². The Balaban J connectivity index is 0.00000841. The van der Waals surface area contributed by atoms with Gasteiger partial charge >= 0.3 is 0 Å². The topological polar surface area (TPSA) is 73.8 Å². The lowest BCUT2D eigenvalue weighted by molar-refractivity contribution is 0.191. The van der Waals surface area contributed by atoms with Crippen LogP contribution in [0.15, 0.2) is 28.1 Å². The predicted octanol–water partition coefficient (Wildman–Crippen LogP) is 3.83. The van der Waals surface area contributed by atoms with E-state index in [1.54, 1.807) is 6.07 Å². The van der Waals surface area contributed by atoms with Gasteiger partial charge in [0, 0.05) is 25.4 Å². The minimum Gasteiger partial charge on any atom is -0.357 e. The average Bonchev–Trinajstić information content (AvgIpc) is 2.63. The Kier molecular flexibility index (Phi) is 13.8. The van der Waals surface area contributed by atoms with Crippen LogP contribution in [0.4, 0.5) is 0 Å². The van der Waals surface area contributed by atoms with Crippen LogP contribution in [0.1, 0.15) is 52.2 Å². The van der Waals surface area contributed by atoms with Crippen molar-refractivity contribution in [2.24, 2.45) is 10.9 Å². The minimum atomic E-state index is -3.20. The molecule has 0 radical (unpaired) electrons. The first kappa shape index (κ1) is 29.1. The molecule has 0 fully saturated rings. The summed E-state index contributed by atoms with van der Waals surface area (Å²) in [6, 6.07) is 5.88. The zero-order chi connectivity index (χ0) is 22.0. The fourth-order valence-electron chi connectivity index (χ4n) is 3.60. The predicted molar refractivity (Wildman–Crippen MR) is 139 cm³/mol. The Bertz CT molecular complexity index is 762. The number of likely N-dealkylation sites (N-methyl/N-ethyl adjacent to an activating group) is 1. The number of halogens is 1. The first-order chi connectivity index (χ1) is 13.6. The van der Waals surface area contributed by atoms with Crippen LogP contribution >= 0.6 is 24.0 Å². The smallest absolute Gasteiger partial charge is 0.191 e. The summed E-state index contributed by atoms with van der Waals surface area (Å²) in [6.07, 6.45) is 2.38. The SMILES string of the molecule is CCNC(=NCc1ccc(S(C)(=O)=O)c(C)c1)NCC(CC(C)C)N(CC)CC.I. The molecule has 1 unspecified atom stereocenters. The summed E-state index contributed by atoms with van der Waals surface area (Å²) in [5, 5.41) is 6.81. The number of nitrogens with one attached hydrogen (secondary N) is 2. The Labute approximate surface area is 201 Å². The number of sulfone groups is 1. The number of aliphatic imine (C=N–C) groups is 1. The van der Waals surface area contributed by atoms with Crippen LogP contribution in [-0.2, 0) is 16.4 Å². The highest BCUT2D eigenvalue weighted by Crippen LogP contribution is 2.17. The second-order valence-electron chi connectivity index (χ2n) is 7.95. The highest BCUT2D eigenvalue weighted by atomic mass is 127. The van der Waals surface area contributed by atoms with Gasteiger partial charge in [0.15, 0.2) is 15.8 Å². The molecule has 174 valence electrons. The van der Waals surface area contributed by atoms with Crippen molar-refractivity contribution < 1.29 is 8.42 Å². The van der Waals surface area contributed by atoms with Crippen molar-refractivity contribution in [1.82, 2.24) is 15.5 Å². The van der Waals surface area contributed by atoms with Crippen molar-refractivity contribution >= 4 is 39.8 Å². The van der Waals surface area contributed by atoms with Gasteiger partial charge in [-0.25, -0.2) is 13.4 Å². The maximum Gasteiger partial charge on any atom is 0.191 e. The van der Waals surface area contributed by atoms with Crippen molar-refractivity contribution in [2.45, 2.75) is 65.4 Å². The minimum absolute atomic E-state index is 0. The van der Waals surface area contributed by atoms with Crippen LogP contribution in [0.5, 0.6) is 0 Å². The molecule has 1 rings (SSSR count). The lowest BCUT2D eigenvalue weighted by atomic mass is 10.0. The first-order valence-electron chi connectivity index (χ1n) is 10.7. The Morgan fingerprint density at radius 3 is 2.23 bits per heavy atom. The van der Waals surface area contributed by atoms with E-state index in [-0.39, 0.29) is 24.0 Å². The molecule has 0 saturated carbocycles. The van der Waals surface area contributed by atoms with E-state index < -0.39 is 9.84 Å². The van der Waals surface area contributed by atoms with E-state index in [2.05, 4.69) is 50.2 Å². The zero-order valence-corrected chi connectivity index (χ0v) is 22.8. The van der Waals surface area contributed by atoms with Gasteiger partial charge in [-0.15, -0.1) is 24.0 Å². The molecular formula is C22H41IN4O2S. The summed E-state index contributed by atoms with van der Waals surface area (Å²) in [5.41, 5.74) is 1.76. The van der Waals surface area contributed by atoms with E-state index in [4.69, 9.17) is 4.99 Å². The highest BCUT2D eigenvalue weighted by Gasteiger charge is 2.17. The van der Waals surface area contributed by atoms with Crippen molar-refractivity contribution in [1.29, 1.82) is 0 Å². The molecular weight excluding hydrogens is 511 g/mol. The summed E-state index contributed by atoms with van der Waals surface area (Å²) in [6.45, 7) is 17.0. The maximum absolute atomic E-state index is 11.8. The Morgan fingerprint density at radius 1 is 1.13 bits per heavy atom. The summed E-state index contributed by atoms with van der Waals surface area (Å²) >= 11 is 0. The van der Waals surface area contributed by atoms with Crippen LogP contribution in [0.25, 0.3) is 0 Å². The Hall–Kier alpha value is -0.870. The zero-order valence-electron chi connectivity index (χ0n) is 19.7. The van der Waals surface area contributed by atoms with Crippen LogP contribution in [0.3, 0.4) is 0 Å². The number of hydrogen-bond donors (Lipinski definition) is 2. The van der Waals surface area contributed by atoms with Crippen molar-refractivity contribution in [2.75, 3.05) is 32.4 Å². The van der Waals surface area contributed by atoms with Crippen molar-refractivity contribution in [3.8, 4) is 0 Å². The second-order valence-corrected chi connectivity index (χ2v) is 9.94. The summed E-state index contributed by atoms with van der Waals surface area (Å²) in [4.78, 5) is 7.58. The van der Waals surface area contributed by atoms with Gasteiger partial charge in [-0.1, -0.05) is 39.8 Å². The molecule has 0 heterocycles. The third-order valence-electron chi connectivity index (χ3n) is 4.98. The molecule has 6 nitrogen and oxygen atoms in total. The van der Waals surface area contributed by atoms with E-state index in [0.717, 1.165) is 49.7 Å². The van der Waals surface area contributed by atoms with E-state index >= 15 is 0 Å². The number of benzene rings is 1. The fraction of sp³-hybridized carbons (Fsp3) is 0.682. The number of guanidine groups is 1. The molecule has 2 N–H and O–H groups in total. The summed E-state index contributed by atoms with van der Waals surface area (Å²) in [5.74, 6) is 1.43. The molecule has 0 amide bonds. The van der Waals surface area contributed by atoms with Gasteiger partial charge < -0.3 is 10.6 Å². The summed E-state index contributed by atoms with van der Waals surface area (Å²) in [7, 11) is -3.20. The average molecular weight is 553 g/mol.